The topological polar surface area (TPSA) is 28.4 Å². The molecule has 0 radical (unpaired) electrons. The second kappa shape index (κ2) is 5.84. The smallest absolute Gasteiger partial charge is 0.131 e. The molecule has 1 N–H and O–H groups in total. The largest absolute Gasteiger partial charge is 0.467 e. The van der Waals surface area contributed by atoms with Crippen molar-refractivity contribution in [2.24, 2.45) is 5.92 Å². The third-order valence-corrected chi connectivity index (χ3v) is 3.96. The molecule has 0 aromatic carbocycles. The summed E-state index contributed by atoms with van der Waals surface area (Å²) in [6.07, 6.45) is 4.32. The fourth-order valence-electron chi connectivity index (χ4n) is 2.28. The quantitative estimate of drug-likeness (QED) is 0.922. The van der Waals surface area contributed by atoms with Crippen molar-refractivity contribution in [3.05, 3.63) is 22.6 Å². The number of likely N-dealkylation sites (tertiary alicyclic amines) is 1. The lowest BCUT2D eigenvalue weighted by molar-refractivity contribution is 0.166. The molecule has 0 bridgehead atoms. The maximum Gasteiger partial charge on any atom is 0.131 e. The minimum Gasteiger partial charge on any atom is -0.467 e. The Morgan fingerprint density at radius 3 is 2.81 bits per heavy atom. The minimum atomic E-state index is 0.848. The predicted octanol–water partition coefficient (Wildman–Crippen LogP) is 2.47. The van der Waals surface area contributed by atoms with Gasteiger partial charge in [-0.25, -0.2) is 0 Å². The standard InChI is InChI=1S/C12H19BrN2O/c1-14-8-10-2-5-15(6-3-10)9-12-11(13)4-7-16-12/h4,7,10,14H,2-3,5-6,8-9H2,1H3. The van der Waals surface area contributed by atoms with Crippen molar-refractivity contribution < 1.29 is 4.42 Å². The molecular formula is C12H19BrN2O. The lowest BCUT2D eigenvalue weighted by Crippen LogP contribution is -2.36. The molecule has 90 valence electrons. The highest BCUT2D eigenvalue weighted by Crippen LogP contribution is 2.22. The normalized spacial score (nSPS) is 19.1. The van der Waals surface area contributed by atoms with E-state index in [-0.39, 0.29) is 0 Å². The van der Waals surface area contributed by atoms with E-state index in [1.165, 1.54) is 25.9 Å². The van der Waals surface area contributed by atoms with E-state index in [0.717, 1.165) is 29.2 Å². The van der Waals surface area contributed by atoms with Gasteiger partial charge in [-0.15, -0.1) is 0 Å². The third-order valence-electron chi connectivity index (χ3n) is 3.26. The number of rotatable bonds is 4. The summed E-state index contributed by atoms with van der Waals surface area (Å²) in [5.74, 6) is 1.90. The Balaban J connectivity index is 1.79. The van der Waals surface area contributed by atoms with Crippen molar-refractivity contribution in [3.63, 3.8) is 0 Å². The molecule has 4 heteroatoms. The van der Waals surface area contributed by atoms with Gasteiger partial charge in [-0.3, -0.25) is 4.90 Å². The van der Waals surface area contributed by atoms with Crippen LogP contribution in [-0.4, -0.2) is 31.6 Å². The van der Waals surface area contributed by atoms with Crippen LogP contribution in [0.2, 0.25) is 0 Å². The van der Waals surface area contributed by atoms with Crippen LogP contribution in [0, 0.1) is 5.92 Å². The summed E-state index contributed by atoms with van der Waals surface area (Å²) in [5.41, 5.74) is 0. The predicted molar refractivity (Wildman–Crippen MR) is 68.3 cm³/mol. The van der Waals surface area contributed by atoms with Crippen LogP contribution < -0.4 is 5.32 Å². The second-order valence-electron chi connectivity index (χ2n) is 4.47. The zero-order valence-corrected chi connectivity index (χ0v) is 11.3. The van der Waals surface area contributed by atoms with Gasteiger partial charge >= 0.3 is 0 Å². The highest BCUT2D eigenvalue weighted by atomic mass is 79.9. The molecule has 0 atom stereocenters. The van der Waals surface area contributed by atoms with Crippen LogP contribution in [0.15, 0.2) is 21.2 Å². The van der Waals surface area contributed by atoms with Gasteiger partial charge < -0.3 is 9.73 Å². The Morgan fingerprint density at radius 1 is 1.50 bits per heavy atom. The lowest BCUT2D eigenvalue weighted by Gasteiger charge is -2.31. The second-order valence-corrected chi connectivity index (χ2v) is 5.32. The Hall–Kier alpha value is -0.320. The first kappa shape index (κ1) is 12.1. The third kappa shape index (κ3) is 3.09. The molecule has 1 aliphatic heterocycles. The zero-order chi connectivity index (χ0) is 11.4. The molecule has 1 fully saturated rings. The van der Waals surface area contributed by atoms with Crippen LogP contribution >= 0.6 is 15.9 Å². The van der Waals surface area contributed by atoms with E-state index in [9.17, 15) is 0 Å². The average Bonchev–Trinajstić information content (AvgIpc) is 2.68. The van der Waals surface area contributed by atoms with Crippen molar-refractivity contribution in [2.75, 3.05) is 26.7 Å². The van der Waals surface area contributed by atoms with Crippen LogP contribution in [0.25, 0.3) is 0 Å². The van der Waals surface area contributed by atoms with Crippen LogP contribution in [-0.2, 0) is 6.54 Å². The summed E-state index contributed by atoms with van der Waals surface area (Å²) in [5, 5.41) is 3.26. The van der Waals surface area contributed by atoms with Gasteiger partial charge in [0.05, 0.1) is 17.3 Å². The number of nitrogens with one attached hydrogen (secondary N) is 1. The summed E-state index contributed by atoms with van der Waals surface area (Å²) in [6.45, 7) is 4.44. The van der Waals surface area contributed by atoms with Gasteiger partial charge in [-0.1, -0.05) is 0 Å². The Bertz CT molecular complexity index is 319. The van der Waals surface area contributed by atoms with E-state index < -0.39 is 0 Å². The fourth-order valence-corrected chi connectivity index (χ4v) is 2.61. The first-order valence-corrected chi connectivity index (χ1v) is 6.67. The lowest BCUT2D eigenvalue weighted by atomic mass is 9.97. The number of nitrogens with zero attached hydrogens (tertiary/aromatic N) is 1. The van der Waals surface area contributed by atoms with Crippen LogP contribution in [0.5, 0.6) is 0 Å². The Labute approximate surface area is 105 Å². The van der Waals surface area contributed by atoms with Gasteiger partial charge in [0.1, 0.15) is 5.76 Å². The highest BCUT2D eigenvalue weighted by molar-refractivity contribution is 9.10. The fraction of sp³-hybridized carbons (Fsp3) is 0.667. The van der Waals surface area contributed by atoms with E-state index in [1.807, 2.05) is 13.1 Å². The molecule has 0 spiro atoms. The van der Waals surface area contributed by atoms with Crippen molar-refractivity contribution in [2.45, 2.75) is 19.4 Å². The van der Waals surface area contributed by atoms with Crippen molar-refractivity contribution in [1.82, 2.24) is 10.2 Å². The molecule has 1 saturated heterocycles. The van der Waals surface area contributed by atoms with Gasteiger partial charge in [-0.05, 0) is 67.4 Å². The molecule has 0 aliphatic carbocycles. The van der Waals surface area contributed by atoms with Crippen LogP contribution in [0.3, 0.4) is 0 Å². The van der Waals surface area contributed by atoms with E-state index in [0.29, 0.717) is 0 Å². The summed E-state index contributed by atoms with van der Waals surface area (Å²) in [6, 6.07) is 1.96. The number of hydrogen-bond acceptors (Lipinski definition) is 3. The van der Waals surface area contributed by atoms with Crippen LogP contribution in [0.4, 0.5) is 0 Å². The van der Waals surface area contributed by atoms with Crippen molar-refractivity contribution >= 4 is 15.9 Å². The van der Waals surface area contributed by atoms with Gasteiger partial charge in [0, 0.05) is 0 Å². The summed E-state index contributed by atoms with van der Waals surface area (Å²) in [7, 11) is 2.03. The van der Waals surface area contributed by atoms with Crippen LogP contribution in [0.1, 0.15) is 18.6 Å². The first-order chi connectivity index (χ1) is 7.79. The molecule has 16 heavy (non-hydrogen) atoms. The highest BCUT2D eigenvalue weighted by Gasteiger charge is 2.19. The monoisotopic (exact) mass is 286 g/mol. The Kier molecular flexibility index (Phi) is 4.44. The van der Waals surface area contributed by atoms with E-state index >= 15 is 0 Å². The molecule has 1 aliphatic rings. The van der Waals surface area contributed by atoms with Gasteiger partial charge in [0.25, 0.3) is 0 Å². The summed E-state index contributed by atoms with van der Waals surface area (Å²) in [4.78, 5) is 2.47. The maximum atomic E-state index is 5.44. The number of hydrogen-bond donors (Lipinski definition) is 1. The zero-order valence-electron chi connectivity index (χ0n) is 9.71. The molecule has 1 aromatic heterocycles. The molecule has 2 heterocycles. The molecule has 0 amide bonds. The SMILES string of the molecule is CNCC1CCN(Cc2occc2Br)CC1. The molecule has 0 saturated carbocycles. The number of furan rings is 1. The summed E-state index contributed by atoms with van der Waals surface area (Å²) < 4.78 is 6.53. The maximum absolute atomic E-state index is 5.44. The van der Waals surface area contributed by atoms with Crippen molar-refractivity contribution in [3.8, 4) is 0 Å². The molecule has 1 aromatic rings. The molecule has 0 unspecified atom stereocenters. The minimum absolute atomic E-state index is 0.848. The molecule has 3 nitrogen and oxygen atoms in total. The van der Waals surface area contributed by atoms with Gasteiger partial charge in [0.2, 0.25) is 0 Å². The molecular weight excluding hydrogens is 268 g/mol. The Morgan fingerprint density at radius 2 is 2.25 bits per heavy atom. The van der Waals surface area contributed by atoms with Gasteiger partial charge in [0.15, 0.2) is 0 Å². The van der Waals surface area contributed by atoms with E-state index in [4.69, 9.17) is 4.42 Å². The average molecular weight is 287 g/mol. The number of piperidine rings is 1. The molecule has 2 rings (SSSR count). The summed E-state index contributed by atoms with van der Waals surface area (Å²) >= 11 is 3.50. The van der Waals surface area contributed by atoms with E-state index in [2.05, 4.69) is 26.1 Å². The van der Waals surface area contributed by atoms with E-state index in [1.54, 1.807) is 6.26 Å². The van der Waals surface area contributed by atoms with Gasteiger partial charge in [-0.2, -0.15) is 0 Å². The van der Waals surface area contributed by atoms with Crippen molar-refractivity contribution in [1.29, 1.82) is 0 Å². The number of halogens is 1. The first-order valence-electron chi connectivity index (χ1n) is 5.88.